The molecule has 2 aromatic rings. The van der Waals surface area contributed by atoms with E-state index in [1.807, 2.05) is 0 Å². The molecule has 0 bridgehead atoms. The Bertz CT molecular complexity index is 1100. The predicted molar refractivity (Wildman–Crippen MR) is 119 cm³/mol. The van der Waals surface area contributed by atoms with Crippen LogP contribution >= 0.6 is 11.3 Å². The molecule has 4 N–H and O–H groups in total. The van der Waals surface area contributed by atoms with Crippen LogP contribution in [-0.2, 0) is 28.4 Å². The lowest BCUT2D eigenvalue weighted by molar-refractivity contribution is 0.0789. The van der Waals surface area contributed by atoms with Crippen molar-refractivity contribution in [2.24, 2.45) is 9.50 Å². The van der Waals surface area contributed by atoms with Crippen molar-refractivity contribution in [3.8, 4) is 0 Å². The summed E-state index contributed by atoms with van der Waals surface area (Å²) in [5, 5.41) is 20.6. The standard InChI is InChI=1S/C21H28N4O3S2/c1-11-5-7-14-17(11)23-18-12(2)6-8-15(18)19(14)24-20(26)25-30(22,28)16-9-13(10-29-16)21(3,4)27/h9-12,27H,5-8H2,1-4H3,(H3,22,23,24,25,26,28)/t11-,12-,30?/m0/s1. The van der Waals surface area contributed by atoms with Crippen LogP contribution in [0.15, 0.2) is 20.0 Å². The summed E-state index contributed by atoms with van der Waals surface area (Å²) in [5.74, 6) is 0.714. The summed E-state index contributed by atoms with van der Waals surface area (Å²) >= 11 is 1.13. The second-order valence-corrected chi connectivity index (χ2v) is 11.8. The van der Waals surface area contributed by atoms with Crippen LogP contribution in [0, 0.1) is 0 Å². The Morgan fingerprint density at radius 1 is 1.27 bits per heavy atom. The Kier molecular flexibility index (Phi) is 5.29. The van der Waals surface area contributed by atoms with E-state index in [4.69, 9.17) is 10.1 Å². The average molecular weight is 449 g/mol. The van der Waals surface area contributed by atoms with Crippen molar-refractivity contribution in [3.63, 3.8) is 0 Å². The van der Waals surface area contributed by atoms with Gasteiger partial charge < -0.3 is 10.4 Å². The van der Waals surface area contributed by atoms with Crippen LogP contribution in [0.2, 0.25) is 0 Å². The first-order valence-corrected chi connectivity index (χ1v) is 12.7. The van der Waals surface area contributed by atoms with E-state index >= 15 is 0 Å². The minimum atomic E-state index is -3.41. The molecule has 2 heterocycles. The van der Waals surface area contributed by atoms with Crippen molar-refractivity contribution in [3.05, 3.63) is 39.5 Å². The van der Waals surface area contributed by atoms with E-state index in [0.29, 0.717) is 17.4 Å². The van der Waals surface area contributed by atoms with Gasteiger partial charge >= 0.3 is 6.03 Å². The first-order chi connectivity index (χ1) is 14.0. The van der Waals surface area contributed by atoms with Crippen molar-refractivity contribution < 1.29 is 14.1 Å². The molecule has 162 valence electrons. The van der Waals surface area contributed by atoms with Gasteiger partial charge in [0, 0.05) is 11.4 Å². The summed E-state index contributed by atoms with van der Waals surface area (Å²) in [6, 6.07) is 0.838. The molecule has 2 amide bonds. The number of fused-ring (bicyclic) bond motifs is 2. The highest BCUT2D eigenvalue weighted by atomic mass is 32.2. The van der Waals surface area contributed by atoms with Crippen LogP contribution in [0.25, 0.3) is 0 Å². The molecule has 0 saturated heterocycles. The van der Waals surface area contributed by atoms with Gasteiger partial charge in [0.1, 0.15) is 4.21 Å². The largest absolute Gasteiger partial charge is 0.386 e. The highest BCUT2D eigenvalue weighted by Gasteiger charge is 2.32. The monoisotopic (exact) mass is 448 g/mol. The number of nitrogens with one attached hydrogen (secondary N) is 1. The van der Waals surface area contributed by atoms with Gasteiger partial charge in [0.2, 0.25) is 0 Å². The van der Waals surface area contributed by atoms with Gasteiger partial charge in [0.05, 0.1) is 11.3 Å². The third-order valence-electron chi connectivity index (χ3n) is 6.07. The number of thiophene rings is 1. The number of pyridine rings is 1. The highest BCUT2D eigenvalue weighted by molar-refractivity contribution is 7.93. The van der Waals surface area contributed by atoms with Crippen molar-refractivity contribution in [2.75, 3.05) is 5.32 Å². The summed E-state index contributed by atoms with van der Waals surface area (Å²) in [7, 11) is -3.41. The number of nitrogens with zero attached hydrogens (tertiary/aromatic N) is 2. The number of aromatic nitrogens is 1. The lowest BCUT2D eigenvalue weighted by Crippen LogP contribution is -2.19. The normalized spacial score (nSPS) is 22.3. The molecule has 0 fully saturated rings. The van der Waals surface area contributed by atoms with Gasteiger partial charge in [-0.15, -0.1) is 15.7 Å². The van der Waals surface area contributed by atoms with Crippen LogP contribution in [0.4, 0.5) is 10.5 Å². The Morgan fingerprint density at radius 3 is 2.33 bits per heavy atom. The maximum atomic E-state index is 13.0. The number of amides is 2. The second-order valence-electron chi connectivity index (χ2n) is 8.90. The maximum absolute atomic E-state index is 13.0. The van der Waals surface area contributed by atoms with E-state index in [1.165, 1.54) is 0 Å². The summed E-state index contributed by atoms with van der Waals surface area (Å²) in [6.07, 6.45) is 3.72. The molecule has 30 heavy (non-hydrogen) atoms. The number of carbonyl (C=O) groups is 1. The van der Waals surface area contributed by atoms with Crippen LogP contribution in [-0.4, -0.2) is 20.3 Å². The minimum absolute atomic E-state index is 0.266. The molecule has 3 atom stereocenters. The fraction of sp³-hybridized carbons (Fsp3) is 0.524. The number of rotatable bonds is 3. The van der Waals surface area contributed by atoms with Gasteiger partial charge in [-0.2, -0.15) is 0 Å². The number of anilines is 1. The van der Waals surface area contributed by atoms with Gasteiger partial charge in [-0.3, -0.25) is 4.98 Å². The molecule has 0 spiro atoms. The van der Waals surface area contributed by atoms with E-state index in [2.05, 4.69) is 23.5 Å². The Morgan fingerprint density at radius 2 is 1.83 bits per heavy atom. The topological polar surface area (TPSA) is 118 Å². The number of aliphatic hydroxyl groups is 1. The lowest BCUT2D eigenvalue weighted by Gasteiger charge is -2.16. The van der Waals surface area contributed by atoms with E-state index in [-0.39, 0.29) is 4.21 Å². The number of hydrogen-bond donors (Lipinski definition) is 3. The van der Waals surface area contributed by atoms with Gasteiger partial charge in [0.25, 0.3) is 0 Å². The molecule has 7 nitrogen and oxygen atoms in total. The van der Waals surface area contributed by atoms with Crippen LogP contribution in [0.3, 0.4) is 0 Å². The van der Waals surface area contributed by atoms with Crippen molar-refractivity contribution in [1.29, 1.82) is 0 Å². The molecular weight excluding hydrogens is 420 g/mol. The Labute approximate surface area is 181 Å². The SMILES string of the molecule is C[C@H]1CCc2c1nc1c(c2NC(=O)N=S(N)(=O)c2cc(C(C)(C)O)cs2)CC[C@@H]1C. The lowest BCUT2D eigenvalue weighted by atomic mass is 10.0. The molecule has 9 heteroatoms. The highest BCUT2D eigenvalue weighted by Crippen LogP contribution is 2.44. The number of nitrogens with two attached hydrogens (primary N) is 1. The van der Waals surface area contributed by atoms with E-state index in [9.17, 15) is 14.1 Å². The number of hydrogen-bond acceptors (Lipinski definition) is 5. The zero-order chi connectivity index (χ0) is 21.8. The molecule has 0 aliphatic heterocycles. The van der Waals surface area contributed by atoms with Gasteiger partial charge in [-0.1, -0.05) is 13.8 Å². The number of urea groups is 1. The fourth-order valence-corrected chi connectivity index (χ4v) is 6.54. The van der Waals surface area contributed by atoms with Crippen LogP contribution in [0.1, 0.15) is 80.5 Å². The average Bonchev–Trinajstić information content (AvgIpc) is 3.35. The van der Waals surface area contributed by atoms with Gasteiger partial charge in [-0.25, -0.2) is 14.1 Å². The quantitative estimate of drug-likeness (QED) is 0.645. The molecule has 2 aliphatic carbocycles. The van der Waals surface area contributed by atoms with E-state index in [0.717, 1.165) is 65.2 Å². The van der Waals surface area contributed by atoms with E-state index in [1.54, 1.807) is 25.3 Å². The van der Waals surface area contributed by atoms with Crippen molar-refractivity contribution in [1.82, 2.24) is 4.98 Å². The van der Waals surface area contributed by atoms with Crippen LogP contribution in [0.5, 0.6) is 0 Å². The third kappa shape index (κ3) is 3.79. The Balaban J connectivity index is 1.68. The molecule has 0 radical (unpaired) electrons. The van der Waals surface area contributed by atoms with E-state index < -0.39 is 21.5 Å². The predicted octanol–water partition coefficient (Wildman–Crippen LogP) is 4.40. The third-order valence-corrected chi connectivity index (χ3v) is 8.93. The summed E-state index contributed by atoms with van der Waals surface area (Å²) in [4.78, 5) is 17.7. The second kappa shape index (κ2) is 7.40. The molecular formula is C21H28N4O3S2. The van der Waals surface area contributed by atoms with Gasteiger partial charge in [0.15, 0.2) is 9.92 Å². The molecule has 0 aromatic carbocycles. The van der Waals surface area contributed by atoms with Crippen molar-refractivity contribution >= 4 is 33.0 Å². The maximum Gasteiger partial charge on any atom is 0.354 e. The smallest absolute Gasteiger partial charge is 0.354 e. The summed E-state index contributed by atoms with van der Waals surface area (Å²) in [5.41, 5.74) is 4.54. The first-order valence-electron chi connectivity index (χ1n) is 10.2. The first kappa shape index (κ1) is 21.4. The molecule has 2 aliphatic rings. The summed E-state index contributed by atoms with van der Waals surface area (Å²) < 4.78 is 17.1. The van der Waals surface area contributed by atoms with Crippen LogP contribution < -0.4 is 10.5 Å². The van der Waals surface area contributed by atoms with Crippen molar-refractivity contribution in [2.45, 2.75) is 75.0 Å². The molecule has 2 aromatic heterocycles. The summed E-state index contributed by atoms with van der Waals surface area (Å²) in [6.45, 7) is 7.58. The zero-order valence-electron chi connectivity index (χ0n) is 17.7. The zero-order valence-corrected chi connectivity index (χ0v) is 19.3. The molecule has 1 unspecified atom stereocenters. The molecule has 0 saturated carbocycles. The van der Waals surface area contributed by atoms with Gasteiger partial charge in [-0.05, 0) is 79.5 Å². The fourth-order valence-electron chi connectivity index (χ4n) is 4.26. The Hall–Kier alpha value is -1.81. The minimum Gasteiger partial charge on any atom is -0.386 e. The number of carbonyl (C=O) groups excluding carboxylic acids is 1. The molecule has 4 rings (SSSR count).